The van der Waals surface area contributed by atoms with E-state index >= 15 is 0 Å². The molecule has 0 fully saturated rings. The van der Waals surface area contributed by atoms with Crippen LogP contribution >= 0.6 is 23.2 Å². The molecule has 1 heterocycles. The third-order valence-corrected chi connectivity index (χ3v) is 4.85. The predicted molar refractivity (Wildman–Crippen MR) is 86.2 cm³/mol. The maximum atomic E-state index is 12.2. The molecular weight excluding hydrogens is 361 g/mol. The van der Waals surface area contributed by atoms with Crippen molar-refractivity contribution in [1.82, 2.24) is 5.16 Å². The minimum absolute atomic E-state index is 0.0414. The topological polar surface area (TPSA) is 69.4 Å². The fourth-order valence-electron chi connectivity index (χ4n) is 1.87. The van der Waals surface area contributed by atoms with Crippen LogP contribution in [-0.2, 0) is 10.1 Å². The molecule has 0 saturated carbocycles. The van der Waals surface area contributed by atoms with E-state index in [2.05, 4.69) is 5.16 Å². The highest BCUT2D eigenvalue weighted by Crippen LogP contribution is 2.29. The summed E-state index contributed by atoms with van der Waals surface area (Å²) in [6.07, 6.45) is 0. The minimum Gasteiger partial charge on any atom is -0.340 e. The summed E-state index contributed by atoms with van der Waals surface area (Å²) in [7, 11) is -4.15. The van der Waals surface area contributed by atoms with Gasteiger partial charge in [-0.1, -0.05) is 58.7 Å². The van der Waals surface area contributed by atoms with Crippen LogP contribution in [-0.4, -0.2) is 13.6 Å². The maximum absolute atomic E-state index is 12.2. The van der Waals surface area contributed by atoms with Crippen LogP contribution < -0.4 is 4.18 Å². The van der Waals surface area contributed by atoms with Gasteiger partial charge in [-0.2, -0.15) is 8.42 Å². The van der Waals surface area contributed by atoms with Gasteiger partial charge in [0.15, 0.2) is 0 Å². The Labute approximate surface area is 142 Å². The summed E-state index contributed by atoms with van der Waals surface area (Å²) in [5, 5.41) is 4.06. The molecule has 0 aliphatic heterocycles. The van der Waals surface area contributed by atoms with Crippen LogP contribution in [0.15, 0.2) is 64.0 Å². The first-order valence-corrected chi connectivity index (χ1v) is 8.54. The monoisotopic (exact) mass is 369 g/mol. The van der Waals surface area contributed by atoms with Crippen LogP contribution in [0.4, 0.5) is 0 Å². The third-order valence-electron chi connectivity index (χ3n) is 2.91. The van der Waals surface area contributed by atoms with Crippen LogP contribution in [0.2, 0.25) is 10.0 Å². The van der Waals surface area contributed by atoms with Gasteiger partial charge in [0.05, 0.1) is 11.1 Å². The standard InChI is InChI=1S/C15H9Cl2NO4S/c16-11-6-7-14(12(17)8-11)23(19,20)22-15-9-13(18-21-15)10-4-2-1-3-5-10/h1-9H. The summed E-state index contributed by atoms with van der Waals surface area (Å²) < 4.78 is 34.3. The number of aromatic nitrogens is 1. The molecule has 0 bridgehead atoms. The highest BCUT2D eigenvalue weighted by atomic mass is 35.5. The molecule has 3 rings (SSSR count). The molecule has 0 unspecified atom stereocenters. The van der Waals surface area contributed by atoms with Crippen molar-refractivity contribution in [2.45, 2.75) is 4.90 Å². The zero-order chi connectivity index (χ0) is 16.4. The summed E-state index contributed by atoms with van der Waals surface area (Å²) in [4.78, 5) is -0.207. The first-order chi connectivity index (χ1) is 11.0. The van der Waals surface area contributed by atoms with Crippen molar-refractivity contribution >= 4 is 33.3 Å². The lowest BCUT2D eigenvalue weighted by molar-refractivity contribution is 0.320. The number of hydrogen-bond acceptors (Lipinski definition) is 5. The molecule has 0 N–H and O–H groups in total. The van der Waals surface area contributed by atoms with E-state index in [-0.39, 0.29) is 15.9 Å². The summed E-state index contributed by atoms with van der Waals surface area (Å²) in [5.41, 5.74) is 1.23. The molecule has 0 aliphatic carbocycles. The molecule has 0 amide bonds. The number of halogens is 2. The number of hydrogen-bond donors (Lipinski definition) is 0. The summed E-state index contributed by atoms with van der Waals surface area (Å²) >= 11 is 11.6. The minimum atomic E-state index is -4.15. The Bertz CT molecular complexity index is 939. The largest absolute Gasteiger partial charge is 0.343 e. The van der Waals surface area contributed by atoms with E-state index in [4.69, 9.17) is 31.9 Å². The highest BCUT2D eigenvalue weighted by molar-refractivity contribution is 7.87. The highest BCUT2D eigenvalue weighted by Gasteiger charge is 2.23. The maximum Gasteiger partial charge on any atom is 0.343 e. The van der Waals surface area contributed by atoms with Crippen molar-refractivity contribution < 1.29 is 17.1 Å². The quantitative estimate of drug-likeness (QED) is 0.636. The second-order valence-electron chi connectivity index (χ2n) is 4.51. The van der Waals surface area contributed by atoms with E-state index in [1.807, 2.05) is 30.3 Å². The van der Waals surface area contributed by atoms with Gasteiger partial charge in [-0.05, 0) is 18.2 Å². The van der Waals surface area contributed by atoms with Crippen molar-refractivity contribution in [3.8, 4) is 17.2 Å². The molecule has 0 aliphatic rings. The van der Waals surface area contributed by atoms with Crippen molar-refractivity contribution in [1.29, 1.82) is 0 Å². The van der Waals surface area contributed by atoms with E-state index in [1.165, 1.54) is 24.3 Å². The molecule has 2 aromatic carbocycles. The van der Waals surface area contributed by atoms with Crippen LogP contribution in [0.25, 0.3) is 11.3 Å². The second-order valence-corrected chi connectivity index (χ2v) is 6.87. The van der Waals surface area contributed by atoms with Crippen molar-refractivity contribution in [3.05, 3.63) is 64.6 Å². The van der Waals surface area contributed by atoms with Crippen LogP contribution in [0.1, 0.15) is 0 Å². The second kappa shape index (κ2) is 6.23. The fourth-order valence-corrected chi connectivity index (χ4v) is 3.48. The van der Waals surface area contributed by atoms with Crippen LogP contribution in [0, 0.1) is 0 Å². The third kappa shape index (κ3) is 3.50. The van der Waals surface area contributed by atoms with Gasteiger partial charge in [-0.15, -0.1) is 0 Å². The molecule has 0 saturated heterocycles. The molecule has 0 atom stereocenters. The SMILES string of the molecule is O=S(=O)(Oc1cc(-c2ccccc2)no1)c1ccc(Cl)cc1Cl. The molecule has 3 aromatic rings. The fraction of sp³-hybridized carbons (Fsp3) is 0. The smallest absolute Gasteiger partial charge is 0.340 e. The van der Waals surface area contributed by atoms with Crippen LogP contribution in [0.5, 0.6) is 5.95 Å². The van der Waals surface area contributed by atoms with Gasteiger partial charge in [0.1, 0.15) is 10.6 Å². The van der Waals surface area contributed by atoms with Gasteiger partial charge in [0.25, 0.3) is 0 Å². The first kappa shape index (κ1) is 15.9. The number of benzene rings is 2. The van der Waals surface area contributed by atoms with Gasteiger partial charge in [-0.3, -0.25) is 0 Å². The van der Waals surface area contributed by atoms with Crippen molar-refractivity contribution in [3.63, 3.8) is 0 Å². The van der Waals surface area contributed by atoms with Gasteiger partial charge in [0, 0.05) is 10.6 Å². The van der Waals surface area contributed by atoms with Crippen molar-refractivity contribution in [2.75, 3.05) is 0 Å². The molecule has 5 nitrogen and oxygen atoms in total. The lowest BCUT2D eigenvalue weighted by Crippen LogP contribution is -2.09. The average molecular weight is 370 g/mol. The normalized spacial score (nSPS) is 11.4. The molecule has 118 valence electrons. The Morgan fingerprint density at radius 1 is 1.00 bits per heavy atom. The Hall–Kier alpha value is -2.02. The molecular formula is C15H9Cl2NO4S. The number of rotatable bonds is 4. The van der Waals surface area contributed by atoms with Crippen LogP contribution in [0.3, 0.4) is 0 Å². The van der Waals surface area contributed by atoms with E-state index in [0.29, 0.717) is 10.7 Å². The van der Waals surface area contributed by atoms with E-state index in [9.17, 15) is 8.42 Å². The van der Waals surface area contributed by atoms with E-state index in [0.717, 1.165) is 5.56 Å². The zero-order valence-electron chi connectivity index (χ0n) is 11.4. The lowest BCUT2D eigenvalue weighted by atomic mass is 10.2. The molecule has 8 heteroatoms. The predicted octanol–water partition coefficient (Wildman–Crippen LogP) is 4.42. The van der Waals surface area contributed by atoms with Gasteiger partial charge in [0.2, 0.25) is 0 Å². The molecule has 23 heavy (non-hydrogen) atoms. The Morgan fingerprint density at radius 2 is 1.74 bits per heavy atom. The van der Waals surface area contributed by atoms with E-state index in [1.54, 1.807) is 0 Å². The van der Waals surface area contributed by atoms with Gasteiger partial charge < -0.3 is 8.71 Å². The lowest BCUT2D eigenvalue weighted by Gasteiger charge is -2.05. The summed E-state index contributed by atoms with van der Waals surface area (Å²) in [5.74, 6) is -0.255. The van der Waals surface area contributed by atoms with Gasteiger partial charge in [-0.25, -0.2) is 0 Å². The average Bonchev–Trinajstić information content (AvgIpc) is 2.95. The van der Waals surface area contributed by atoms with Crippen molar-refractivity contribution in [2.24, 2.45) is 0 Å². The molecule has 0 spiro atoms. The van der Waals surface area contributed by atoms with Gasteiger partial charge >= 0.3 is 16.1 Å². The Morgan fingerprint density at radius 3 is 2.43 bits per heavy atom. The summed E-state index contributed by atoms with van der Waals surface area (Å²) in [6.45, 7) is 0. The van der Waals surface area contributed by atoms with E-state index < -0.39 is 10.1 Å². The first-order valence-electron chi connectivity index (χ1n) is 6.37. The Balaban J connectivity index is 1.88. The molecule has 1 aromatic heterocycles. The Kier molecular flexibility index (Phi) is 4.30. The summed E-state index contributed by atoms with van der Waals surface area (Å²) in [6, 6.07) is 14.5. The zero-order valence-corrected chi connectivity index (χ0v) is 13.8. The molecule has 0 radical (unpaired) electrons. The number of nitrogens with zero attached hydrogens (tertiary/aromatic N) is 1.